The van der Waals surface area contributed by atoms with E-state index in [0.717, 1.165) is 31.9 Å². The fraction of sp³-hybridized carbons (Fsp3) is 0.348. The van der Waals surface area contributed by atoms with Gasteiger partial charge in [0.2, 0.25) is 11.9 Å². The Balaban J connectivity index is 1.48. The molecule has 3 aromatic rings. The number of piperazine rings is 1. The molecule has 0 spiro atoms. The summed E-state index contributed by atoms with van der Waals surface area (Å²) in [7, 11) is 2.14. The Morgan fingerprint density at radius 3 is 2.31 bits per heavy atom. The molecule has 1 saturated heterocycles. The van der Waals surface area contributed by atoms with Crippen LogP contribution in [-0.4, -0.2) is 64.9 Å². The topological polar surface area (TPSA) is 102 Å². The van der Waals surface area contributed by atoms with Gasteiger partial charge in [-0.15, -0.1) is 5.10 Å². The highest BCUT2D eigenvalue weighted by Gasteiger charge is 2.18. The van der Waals surface area contributed by atoms with Crippen LogP contribution in [0.5, 0.6) is 5.75 Å². The van der Waals surface area contributed by atoms with E-state index in [4.69, 9.17) is 10.5 Å². The van der Waals surface area contributed by atoms with Crippen molar-refractivity contribution in [2.75, 3.05) is 49.2 Å². The Bertz CT molecular complexity index is 1050. The van der Waals surface area contributed by atoms with Gasteiger partial charge in [0.25, 0.3) is 5.91 Å². The Kier molecular flexibility index (Phi) is 6.27. The molecular formula is C23H29N7O2. The molecule has 9 heteroatoms. The molecular weight excluding hydrogens is 406 g/mol. The summed E-state index contributed by atoms with van der Waals surface area (Å²) in [4.78, 5) is 21.9. The molecule has 0 amide bonds. The van der Waals surface area contributed by atoms with Gasteiger partial charge >= 0.3 is 0 Å². The van der Waals surface area contributed by atoms with Crippen molar-refractivity contribution in [3.05, 3.63) is 54.1 Å². The number of hydrogen-bond acceptors (Lipinski definition) is 8. The molecule has 168 valence electrons. The minimum absolute atomic E-state index is 0.0228. The molecule has 3 N–H and O–H groups in total. The standard InChI is InChI=1S/C23H29N7O2/c1-16(2)32-20-10-4-17(5-11-20)21(31)30-23(26-22(24)27-30)25-18-6-8-19(9-7-18)29-14-12-28(3)13-15-29/h4-11,16H,12-15H2,1-3H3,(H3,24,25,26,27). The van der Waals surface area contributed by atoms with Crippen LogP contribution in [0.25, 0.3) is 0 Å². The maximum absolute atomic E-state index is 13.0. The molecule has 2 heterocycles. The zero-order valence-electron chi connectivity index (χ0n) is 18.7. The van der Waals surface area contributed by atoms with Gasteiger partial charge in [0.1, 0.15) is 5.75 Å². The van der Waals surface area contributed by atoms with E-state index < -0.39 is 0 Å². The Hall–Kier alpha value is -3.59. The molecule has 0 bridgehead atoms. The van der Waals surface area contributed by atoms with Gasteiger partial charge in [-0.25, -0.2) is 0 Å². The van der Waals surface area contributed by atoms with E-state index in [9.17, 15) is 4.79 Å². The molecule has 1 aliphatic heterocycles. The lowest BCUT2D eigenvalue weighted by molar-refractivity contribution is 0.0948. The number of hydrogen-bond donors (Lipinski definition) is 2. The summed E-state index contributed by atoms with van der Waals surface area (Å²) in [6.45, 7) is 8.01. The van der Waals surface area contributed by atoms with Crippen LogP contribution >= 0.6 is 0 Å². The molecule has 1 aliphatic rings. The van der Waals surface area contributed by atoms with E-state index in [0.29, 0.717) is 11.3 Å². The smallest absolute Gasteiger partial charge is 0.281 e. The van der Waals surface area contributed by atoms with Crippen LogP contribution in [-0.2, 0) is 0 Å². The van der Waals surface area contributed by atoms with E-state index in [2.05, 4.69) is 44.4 Å². The van der Waals surface area contributed by atoms with Gasteiger partial charge in [-0.3, -0.25) is 4.79 Å². The molecule has 2 aromatic carbocycles. The zero-order valence-corrected chi connectivity index (χ0v) is 18.7. The van der Waals surface area contributed by atoms with Gasteiger partial charge in [0.05, 0.1) is 6.10 Å². The summed E-state index contributed by atoms with van der Waals surface area (Å²) in [5.74, 6) is 0.660. The van der Waals surface area contributed by atoms with Gasteiger partial charge in [-0.2, -0.15) is 9.67 Å². The Morgan fingerprint density at radius 2 is 1.69 bits per heavy atom. The summed E-state index contributed by atoms with van der Waals surface area (Å²) in [5.41, 5.74) is 8.22. The van der Waals surface area contributed by atoms with E-state index in [1.54, 1.807) is 24.3 Å². The lowest BCUT2D eigenvalue weighted by Crippen LogP contribution is -2.44. The lowest BCUT2D eigenvalue weighted by Gasteiger charge is -2.34. The third-order valence-electron chi connectivity index (χ3n) is 5.28. The number of nitrogens with two attached hydrogens (primary N) is 1. The van der Waals surface area contributed by atoms with E-state index in [1.165, 1.54) is 10.4 Å². The van der Waals surface area contributed by atoms with Crippen molar-refractivity contribution in [2.45, 2.75) is 20.0 Å². The monoisotopic (exact) mass is 435 g/mol. The van der Waals surface area contributed by atoms with Gasteiger partial charge in [-0.1, -0.05) is 0 Å². The Labute approximate surface area is 187 Å². The SMILES string of the molecule is CC(C)Oc1ccc(C(=O)n2nc(N)nc2Nc2ccc(N3CCN(C)CC3)cc2)cc1. The van der Waals surface area contributed by atoms with Gasteiger partial charge < -0.3 is 25.6 Å². The first kappa shape index (κ1) is 21.6. The number of anilines is 4. The number of aromatic nitrogens is 3. The second-order valence-corrected chi connectivity index (χ2v) is 8.16. The quantitative estimate of drug-likeness (QED) is 0.610. The third-order valence-corrected chi connectivity index (χ3v) is 5.28. The highest BCUT2D eigenvalue weighted by molar-refractivity contribution is 5.97. The molecule has 1 fully saturated rings. The minimum atomic E-state index is -0.332. The van der Waals surface area contributed by atoms with Crippen molar-refractivity contribution < 1.29 is 9.53 Å². The summed E-state index contributed by atoms with van der Waals surface area (Å²) in [6, 6.07) is 15.0. The van der Waals surface area contributed by atoms with Crippen LogP contribution in [0.15, 0.2) is 48.5 Å². The maximum atomic E-state index is 13.0. The fourth-order valence-corrected chi connectivity index (χ4v) is 3.57. The number of carbonyl (C=O) groups is 1. The molecule has 9 nitrogen and oxygen atoms in total. The molecule has 32 heavy (non-hydrogen) atoms. The highest BCUT2D eigenvalue weighted by atomic mass is 16.5. The van der Waals surface area contributed by atoms with Crippen LogP contribution in [0.2, 0.25) is 0 Å². The zero-order chi connectivity index (χ0) is 22.7. The van der Waals surface area contributed by atoms with E-state index >= 15 is 0 Å². The van der Waals surface area contributed by atoms with Crippen molar-refractivity contribution in [3.8, 4) is 5.75 Å². The van der Waals surface area contributed by atoms with Crippen LogP contribution in [0.3, 0.4) is 0 Å². The number of nitrogens with one attached hydrogen (secondary N) is 1. The second kappa shape index (κ2) is 9.27. The first-order valence-electron chi connectivity index (χ1n) is 10.7. The van der Waals surface area contributed by atoms with Crippen LogP contribution in [0, 0.1) is 0 Å². The second-order valence-electron chi connectivity index (χ2n) is 8.16. The lowest BCUT2D eigenvalue weighted by atomic mass is 10.2. The predicted octanol–water partition coefficient (Wildman–Crippen LogP) is 2.83. The summed E-state index contributed by atoms with van der Waals surface area (Å²) < 4.78 is 6.82. The highest BCUT2D eigenvalue weighted by Crippen LogP contribution is 2.23. The number of likely N-dealkylation sites (N-methyl/N-ethyl adjacent to an activating group) is 1. The van der Waals surface area contributed by atoms with Gasteiger partial charge in [0, 0.05) is 43.1 Å². The summed E-state index contributed by atoms with van der Waals surface area (Å²) >= 11 is 0. The first-order valence-corrected chi connectivity index (χ1v) is 10.7. The number of carbonyl (C=O) groups excluding carboxylic acids is 1. The van der Waals surface area contributed by atoms with Crippen molar-refractivity contribution in [3.63, 3.8) is 0 Å². The van der Waals surface area contributed by atoms with Crippen LogP contribution < -0.4 is 20.7 Å². The molecule has 0 atom stereocenters. The molecule has 4 rings (SSSR count). The normalized spacial score (nSPS) is 14.6. The predicted molar refractivity (Wildman–Crippen MR) is 126 cm³/mol. The van der Waals surface area contributed by atoms with Crippen molar-refractivity contribution in [1.29, 1.82) is 0 Å². The molecule has 1 aromatic heterocycles. The van der Waals surface area contributed by atoms with Crippen LogP contribution in [0.4, 0.5) is 23.3 Å². The maximum Gasteiger partial charge on any atom is 0.281 e. The first-order chi connectivity index (χ1) is 15.4. The number of benzene rings is 2. The van der Waals surface area contributed by atoms with Gasteiger partial charge in [0.15, 0.2) is 0 Å². The number of nitrogens with zero attached hydrogens (tertiary/aromatic N) is 5. The minimum Gasteiger partial charge on any atom is -0.491 e. The summed E-state index contributed by atoms with van der Waals surface area (Å²) in [5, 5.41) is 7.23. The molecule has 0 saturated carbocycles. The van der Waals surface area contributed by atoms with Crippen molar-refractivity contribution in [2.24, 2.45) is 0 Å². The average molecular weight is 436 g/mol. The van der Waals surface area contributed by atoms with E-state index in [1.807, 2.05) is 26.0 Å². The van der Waals surface area contributed by atoms with Gasteiger partial charge in [-0.05, 0) is 69.4 Å². The molecule has 0 radical (unpaired) electrons. The fourth-order valence-electron chi connectivity index (χ4n) is 3.57. The van der Waals surface area contributed by atoms with Crippen LogP contribution in [0.1, 0.15) is 24.2 Å². The number of rotatable bonds is 6. The third kappa shape index (κ3) is 5.00. The van der Waals surface area contributed by atoms with Crippen molar-refractivity contribution >= 4 is 29.2 Å². The Morgan fingerprint density at radius 1 is 1.03 bits per heavy atom. The number of nitrogen functional groups attached to an aromatic ring is 1. The number of ether oxygens (including phenoxy) is 1. The summed E-state index contributed by atoms with van der Waals surface area (Å²) in [6.07, 6.45) is 0.0603. The average Bonchev–Trinajstić information content (AvgIpc) is 3.14. The largest absolute Gasteiger partial charge is 0.491 e. The van der Waals surface area contributed by atoms with E-state index in [-0.39, 0.29) is 23.9 Å². The molecule has 0 aliphatic carbocycles. The molecule has 0 unspecified atom stereocenters. The van der Waals surface area contributed by atoms with Crippen molar-refractivity contribution in [1.82, 2.24) is 19.7 Å².